The van der Waals surface area contributed by atoms with Gasteiger partial charge in [0.25, 0.3) is 0 Å². The second-order valence-electron chi connectivity index (χ2n) is 5.09. The molecule has 0 radical (unpaired) electrons. The van der Waals surface area contributed by atoms with Crippen molar-refractivity contribution in [2.45, 2.75) is 32.4 Å². The minimum absolute atomic E-state index is 0.131. The Bertz CT molecular complexity index is 395. The van der Waals surface area contributed by atoms with Crippen molar-refractivity contribution in [1.29, 1.82) is 0 Å². The molecule has 20 heavy (non-hydrogen) atoms. The summed E-state index contributed by atoms with van der Waals surface area (Å²) in [6, 6.07) is 4.08. The number of nitrogens with zero attached hydrogens (tertiary/aromatic N) is 1. The monoisotopic (exact) mass is 286 g/mol. The Morgan fingerprint density at radius 1 is 1.30 bits per heavy atom. The summed E-state index contributed by atoms with van der Waals surface area (Å²) in [6.45, 7) is 5.88. The molecule has 0 fully saturated rings. The van der Waals surface area contributed by atoms with Crippen LogP contribution in [0, 0.1) is 11.6 Å². The third-order valence-corrected chi connectivity index (χ3v) is 3.66. The van der Waals surface area contributed by atoms with E-state index in [9.17, 15) is 13.9 Å². The fourth-order valence-corrected chi connectivity index (χ4v) is 1.96. The third-order valence-electron chi connectivity index (χ3n) is 3.66. The first-order chi connectivity index (χ1) is 9.47. The van der Waals surface area contributed by atoms with Gasteiger partial charge in [0.15, 0.2) is 0 Å². The molecular weight excluding hydrogens is 262 g/mol. The zero-order valence-corrected chi connectivity index (χ0v) is 12.4. The molecule has 0 heterocycles. The highest BCUT2D eigenvalue weighted by Gasteiger charge is 2.17. The van der Waals surface area contributed by atoms with Crippen LogP contribution in [0.1, 0.15) is 31.9 Å². The van der Waals surface area contributed by atoms with Crippen molar-refractivity contribution < 1.29 is 13.9 Å². The van der Waals surface area contributed by atoms with Crippen LogP contribution in [0.3, 0.4) is 0 Å². The predicted molar refractivity (Wildman–Crippen MR) is 76.6 cm³/mol. The lowest BCUT2D eigenvalue weighted by Crippen LogP contribution is -2.36. The maximum absolute atomic E-state index is 13.5. The van der Waals surface area contributed by atoms with Crippen LogP contribution in [-0.4, -0.2) is 42.7 Å². The van der Waals surface area contributed by atoms with Gasteiger partial charge in [0.05, 0.1) is 11.7 Å². The molecule has 2 atom stereocenters. The summed E-state index contributed by atoms with van der Waals surface area (Å²) in [5.74, 6) is -1.42. The van der Waals surface area contributed by atoms with Crippen LogP contribution >= 0.6 is 0 Å². The number of aliphatic hydroxyl groups excluding tert-OH is 1. The van der Waals surface area contributed by atoms with Crippen molar-refractivity contribution in [3.05, 3.63) is 35.4 Å². The van der Waals surface area contributed by atoms with Crippen LogP contribution in [0.4, 0.5) is 8.78 Å². The van der Waals surface area contributed by atoms with Crippen LogP contribution in [0.5, 0.6) is 0 Å². The molecular formula is C15H24F2N2O. The van der Waals surface area contributed by atoms with Gasteiger partial charge in [-0.3, -0.25) is 0 Å². The number of aliphatic hydroxyl groups is 1. The first-order valence-corrected chi connectivity index (χ1v) is 7.00. The third kappa shape index (κ3) is 4.81. The topological polar surface area (TPSA) is 35.5 Å². The summed E-state index contributed by atoms with van der Waals surface area (Å²) in [7, 11) is 2.03. The van der Waals surface area contributed by atoms with E-state index in [0.29, 0.717) is 12.6 Å². The standard InChI is InChI=1S/C15H24F2N2O/c1-4-11(2)19(3)9-8-18-10-14(20)15-12(16)6-5-7-13(15)17/h5-7,11,14,18,20H,4,8-10H2,1-3H3. The van der Waals surface area contributed by atoms with Crippen molar-refractivity contribution >= 4 is 0 Å². The number of hydrogen-bond donors (Lipinski definition) is 2. The van der Waals surface area contributed by atoms with E-state index < -0.39 is 17.7 Å². The number of likely N-dealkylation sites (N-methyl/N-ethyl adjacent to an activating group) is 1. The van der Waals surface area contributed by atoms with E-state index in [4.69, 9.17) is 0 Å². The van der Waals surface area contributed by atoms with E-state index in [0.717, 1.165) is 25.1 Å². The Morgan fingerprint density at radius 2 is 1.90 bits per heavy atom. The molecule has 1 aromatic rings. The average Bonchev–Trinajstić information content (AvgIpc) is 2.42. The van der Waals surface area contributed by atoms with Crippen LogP contribution < -0.4 is 5.32 Å². The molecule has 2 unspecified atom stereocenters. The Labute approximate surface area is 119 Å². The minimum atomic E-state index is -1.18. The maximum atomic E-state index is 13.5. The zero-order valence-electron chi connectivity index (χ0n) is 12.4. The summed E-state index contributed by atoms with van der Waals surface area (Å²) in [5.41, 5.74) is -0.268. The normalized spacial score (nSPS) is 14.6. The molecule has 0 saturated heterocycles. The molecule has 114 valence electrons. The molecule has 1 rings (SSSR count). The highest BCUT2D eigenvalue weighted by molar-refractivity contribution is 5.22. The first-order valence-electron chi connectivity index (χ1n) is 7.00. The summed E-state index contributed by atoms with van der Waals surface area (Å²) < 4.78 is 26.9. The van der Waals surface area contributed by atoms with Crippen molar-refractivity contribution in [3.8, 4) is 0 Å². The van der Waals surface area contributed by atoms with Gasteiger partial charge in [-0.2, -0.15) is 0 Å². The molecule has 5 heteroatoms. The van der Waals surface area contributed by atoms with Crippen LogP contribution in [-0.2, 0) is 0 Å². The number of nitrogens with one attached hydrogen (secondary N) is 1. The minimum Gasteiger partial charge on any atom is -0.387 e. The van der Waals surface area contributed by atoms with Gasteiger partial charge in [-0.15, -0.1) is 0 Å². The molecule has 0 amide bonds. The lowest BCUT2D eigenvalue weighted by atomic mass is 10.1. The average molecular weight is 286 g/mol. The van der Waals surface area contributed by atoms with Crippen LogP contribution in [0.15, 0.2) is 18.2 Å². The molecule has 0 saturated carbocycles. The Morgan fingerprint density at radius 3 is 2.45 bits per heavy atom. The quantitative estimate of drug-likeness (QED) is 0.720. The van der Waals surface area contributed by atoms with Gasteiger partial charge >= 0.3 is 0 Å². The van der Waals surface area contributed by atoms with Gasteiger partial charge in [0.2, 0.25) is 0 Å². The van der Waals surface area contributed by atoms with Crippen molar-refractivity contribution in [1.82, 2.24) is 10.2 Å². The van der Waals surface area contributed by atoms with Gasteiger partial charge in [-0.25, -0.2) is 8.78 Å². The molecule has 1 aromatic carbocycles. The van der Waals surface area contributed by atoms with Crippen molar-refractivity contribution in [2.24, 2.45) is 0 Å². The van der Waals surface area contributed by atoms with Gasteiger partial charge in [-0.1, -0.05) is 13.0 Å². The lowest BCUT2D eigenvalue weighted by molar-refractivity contribution is 0.162. The van der Waals surface area contributed by atoms with Gasteiger partial charge < -0.3 is 15.3 Å². The SMILES string of the molecule is CCC(C)N(C)CCNCC(O)c1c(F)cccc1F. The number of hydrogen-bond acceptors (Lipinski definition) is 3. The molecule has 0 spiro atoms. The van der Waals surface area contributed by atoms with E-state index in [1.165, 1.54) is 6.07 Å². The van der Waals surface area contributed by atoms with E-state index in [-0.39, 0.29) is 12.1 Å². The second-order valence-corrected chi connectivity index (χ2v) is 5.09. The van der Waals surface area contributed by atoms with E-state index >= 15 is 0 Å². The summed E-state index contributed by atoms with van der Waals surface area (Å²) in [6.07, 6.45) is -0.107. The fraction of sp³-hybridized carbons (Fsp3) is 0.600. The molecule has 0 aliphatic carbocycles. The lowest BCUT2D eigenvalue weighted by Gasteiger charge is -2.23. The van der Waals surface area contributed by atoms with Crippen molar-refractivity contribution in [3.63, 3.8) is 0 Å². The number of halogens is 2. The molecule has 0 aliphatic heterocycles. The summed E-state index contributed by atoms with van der Waals surface area (Å²) in [5, 5.41) is 12.9. The Kier molecular flexibility index (Phi) is 7.05. The maximum Gasteiger partial charge on any atom is 0.131 e. The van der Waals surface area contributed by atoms with Crippen molar-refractivity contribution in [2.75, 3.05) is 26.7 Å². The first kappa shape index (κ1) is 17.0. The summed E-state index contributed by atoms with van der Waals surface area (Å²) in [4.78, 5) is 2.20. The predicted octanol–water partition coefficient (Wildman–Crippen LogP) is 2.32. The van der Waals surface area contributed by atoms with Gasteiger partial charge in [0.1, 0.15) is 11.6 Å². The fourth-order valence-electron chi connectivity index (χ4n) is 1.96. The molecule has 0 aliphatic rings. The van der Waals surface area contributed by atoms with Gasteiger partial charge in [-0.05, 0) is 32.5 Å². The van der Waals surface area contributed by atoms with E-state index in [1.807, 2.05) is 7.05 Å². The van der Waals surface area contributed by atoms with Gasteiger partial charge in [0, 0.05) is 25.7 Å². The molecule has 0 bridgehead atoms. The Balaban J connectivity index is 2.39. The number of benzene rings is 1. The highest BCUT2D eigenvalue weighted by Crippen LogP contribution is 2.19. The molecule has 3 nitrogen and oxygen atoms in total. The molecule has 2 N–H and O–H groups in total. The highest BCUT2D eigenvalue weighted by atomic mass is 19.1. The second kappa shape index (κ2) is 8.29. The summed E-state index contributed by atoms with van der Waals surface area (Å²) >= 11 is 0. The smallest absolute Gasteiger partial charge is 0.131 e. The zero-order chi connectivity index (χ0) is 15.1. The Hall–Kier alpha value is -1.04. The number of rotatable bonds is 8. The largest absolute Gasteiger partial charge is 0.387 e. The molecule has 0 aromatic heterocycles. The van der Waals surface area contributed by atoms with Crippen LogP contribution in [0.2, 0.25) is 0 Å². The van der Waals surface area contributed by atoms with Crippen LogP contribution in [0.25, 0.3) is 0 Å². The van der Waals surface area contributed by atoms with E-state index in [1.54, 1.807) is 0 Å². The van der Waals surface area contributed by atoms with E-state index in [2.05, 4.69) is 24.1 Å².